The van der Waals surface area contributed by atoms with Crippen LogP contribution < -0.4 is 0 Å². The molecule has 0 heteroatoms. The highest BCUT2D eigenvalue weighted by molar-refractivity contribution is 5.39. The fraction of sp³-hybridized carbons (Fsp3) is 0.538. The van der Waals surface area contributed by atoms with Gasteiger partial charge in [0.05, 0.1) is 0 Å². The molecule has 1 aromatic rings. The van der Waals surface area contributed by atoms with Crippen LogP contribution in [0.4, 0.5) is 0 Å². The van der Waals surface area contributed by atoms with Gasteiger partial charge in [-0.3, -0.25) is 0 Å². The van der Waals surface area contributed by atoms with E-state index in [-0.39, 0.29) is 0 Å². The molecule has 13 heavy (non-hydrogen) atoms. The zero-order valence-corrected chi connectivity index (χ0v) is 8.64. The second kappa shape index (κ2) is 3.53. The van der Waals surface area contributed by atoms with E-state index >= 15 is 0 Å². The number of hydrogen-bond acceptors (Lipinski definition) is 0. The fourth-order valence-corrected chi connectivity index (χ4v) is 2.49. The third-order valence-electron chi connectivity index (χ3n) is 3.29. The lowest BCUT2D eigenvalue weighted by atomic mass is 9.81. The van der Waals surface area contributed by atoms with Crippen molar-refractivity contribution < 1.29 is 0 Å². The van der Waals surface area contributed by atoms with Gasteiger partial charge in [0, 0.05) is 0 Å². The molecule has 0 aromatic heterocycles. The summed E-state index contributed by atoms with van der Waals surface area (Å²) in [7, 11) is 0. The first-order valence-electron chi connectivity index (χ1n) is 5.43. The Balaban J connectivity index is 2.48. The number of benzene rings is 1. The zero-order chi connectivity index (χ0) is 9.26. The summed E-state index contributed by atoms with van der Waals surface area (Å²) >= 11 is 0. The minimum Gasteiger partial charge on any atom is -0.0617 e. The van der Waals surface area contributed by atoms with E-state index in [1.54, 1.807) is 16.7 Å². The monoisotopic (exact) mass is 174 g/mol. The quantitative estimate of drug-likeness (QED) is 0.609. The standard InChI is InChI=1S/C13H18/c1-3-11-7-5-8-12-10(2)6-4-9-13(11)12/h5,7-8,10H,3-4,6,9H2,1-2H3. The van der Waals surface area contributed by atoms with Gasteiger partial charge in [-0.05, 0) is 48.3 Å². The molecule has 0 heterocycles. The van der Waals surface area contributed by atoms with Gasteiger partial charge in [0.15, 0.2) is 0 Å². The van der Waals surface area contributed by atoms with E-state index in [2.05, 4.69) is 32.0 Å². The summed E-state index contributed by atoms with van der Waals surface area (Å²) in [5.74, 6) is 0.787. The van der Waals surface area contributed by atoms with Crippen LogP contribution in [0.5, 0.6) is 0 Å². The molecule has 0 nitrogen and oxygen atoms in total. The number of rotatable bonds is 1. The van der Waals surface area contributed by atoms with E-state index in [0.29, 0.717) is 0 Å². The number of aryl methyl sites for hydroxylation is 1. The molecular formula is C13H18. The van der Waals surface area contributed by atoms with Crippen LogP contribution in [0.1, 0.15) is 49.3 Å². The lowest BCUT2D eigenvalue weighted by Gasteiger charge is -2.24. The van der Waals surface area contributed by atoms with Gasteiger partial charge in [-0.2, -0.15) is 0 Å². The van der Waals surface area contributed by atoms with E-state index < -0.39 is 0 Å². The van der Waals surface area contributed by atoms with E-state index in [4.69, 9.17) is 0 Å². The first kappa shape index (κ1) is 8.80. The van der Waals surface area contributed by atoms with Gasteiger partial charge >= 0.3 is 0 Å². The first-order chi connectivity index (χ1) is 6.33. The summed E-state index contributed by atoms with van der Waals surface area (Å²) in [6.07, 6.45) is 5.25. The summed E-state index contributed by atoms with van der Waals surface area (Å²) in [5.41, 5.74) is 4.85. The molecule has 0 saturated heterocycles. The molecule has 0 bridgehead atoms. The summed E-state index contributed by atoms with van der Waals surface area (Å²) in [6, 6.07) is 6.83. The second-order valence-corrected chi connectivity index (χ2v) is 4.13. The van der Waals surface area contributed by atoms with Crippen molar-refractivity contribution in [3.8, 4) is 0 Å². The molecule has 2 rings (SSSR count). The van der Waals surface area contributed by atoms with Gasteiger partial charge in [0.25, 0.3) is 0 Å². The van der Waals surface area contributed by atoms with Crippen LogP contribution in [0.3, 0.4) is 0 Å². The summed E-state index contributed by atoms with van der Waals surface area (Å²) in [5, 5.41) is 0. The van der Waals surface area contributed by atoms with Gasteiger partial charge in [-0.1, -0.05) is 32.0 Å². The van der Waals surface area contributed by atoms with Gasteiger partial charge < -0.3 is 0 Å². The van der Waals surface area contributed by atoms with E-state index in [9.17, 15) is 0 Å². The third kappa shape index (κ3) is 1.50. The predicted octanol–water partition coefficient (Wildman–Crippen LogP) is 3.69. The Morgan fingerprint density at radius 1 is 1.38 bits per heavy atom. The van der Waals surface area contributed by atoms with Crippen LogP contribution in [0, 0.1) is 0 Å². The molecule has 0 aliphatic heterocycles. The molecular weight excluding hydrogens is 156 g/mol. The zero-order valence-electron chi connectivity index (χ0n) is 8.64. The number of hydrogen-bond donors (Lipinski definition) is 0. The Hall–Kier alpha value is -0.780. The summed E-state index contributed by atoms with van der Waals surface area (Å²) in [4.78, 5) is 0. The molecule has 0 radical (unpaired) electrons. The van der Waals surface area contributed by atoms with Crippen LogP contribution in [0.2, 0.25) is 0 Å². The first-order valence-corrected chi connectivity index (χ1v) is 5.43. The Labute approximate surface area is 81.0 Å². The third-order valence-corrected chi connectivity index (χ3v) is 3.29. The molecule has 0 N–H and O–H groups in total. The van der Waals surface area contributed by atoms with Gasteiger partial charge in [-0.25, -0.2) is 0 Å². The highest BCUT2D eigenvalue weighted by Gasteiger charge is 2.17. The molecule has 1 atom stereocenters. The SMILES string of the molecule is CCc1cccc2c1CCCC2C. The smallest absolute Gasteiger partial charge is 0.0187 e. The molecule has 0 spiro atoms. The van der Waals surface area contributed by atoms with Crippen molar-refractivity contribution in [1.82, 2.24) is 0 Å². The highest BCUT2D eigenvalue weighted by atomic mass is 14.2. The van der Waals surface area contributed by atoms with Crippen LogP contribution >= 0.6 is 0 Å². The summed E-state index contributed by atoms with van der Waals surface area (Å²) in [6.45, 7) is 4.62. The maximum absolute atomic E-state index is 2.36. The molecule has 1 aliphatic carbocycles. The predicted molar refractivity (Wildman–Crippen MR) is 57.2 cm³/mol. The molecule has 1 aliphatic rings. The van der Waals surface area contributed by atoms with E-state index in [1.807, 2.05) is 0 Å². The Bertz CT molecular complexity index is 299. The van der Waals surface area contributed by atoms with Crippen molar-refractivity contribution in [2.45, 2.75) is 45.4 Å². The van der Waals surface area contributed by atoms with Crippen LogP contribution in [0.25, 0.3) is 0 Å². The lowest BCUT2D eigenvalue weighted by Crippen LogP contribution is -2.09. The Morgan fingerprint density at radius 2 is 2.23 bits per heavy atom. The van der Waals surface area contributed by atoms with Crippen molar-refractivity contribution in [2.75, 3.05) is 0 Å². The molecule has 0 amide bonds. The minimum atomic E-state index is 0.787. The molecule has 70 valence electrons. The largest absolute Gasteiger partial charge is 0.0617 e. The van der Waals surface area contributed by atoms with Crippen molar-refractivity contribution >= 4 is 0 Å². The molecule has 0 saturated carbocycles. The Morgan fingerprint density at radius 3 is 3.00 bits per heavy atom. The van der Waals surface area contributed by atoms with E-state index in [0.717, 1.165) is 5.92 Å². The molecule has 1 unspecified atom stereocenters. The topological polar surface area (TPSA) is 0 Å². The van der Waals surface area contributed by atoms with E-state index in [1.165, 1.54) is 25.7 Å². The van der Waals surface area contributed by atoms with Crippen molar-refractivity contribution in [3.05, 3.63) is 34.9 Å². The van der Waals surface area contributed by atoms with Gasteiger partial charge in [0.1, 0.15) is 0 Å². The highest BCUT2D eigenvalue weighted by Crippen LogP contribution is 2.32. The average Bonchev–Trinajstić information content (AvgIpc) is 2.18. The van der Waals surface area contributed by atoms with Crippen LogP contribution in [0.15, 0.2) is 18.2 Å². The van der Waals surface area contributed by atoms with Crippen molar-refractivity contribution in [2.24, 2.45) is 0 Å². The van der Waals surface area contributed by atoms with Crippen LogP contribution in [-0.2, 0) is 12.8 Å². The number of fused-ring (bicyclic) bond motifs is 1. The van der Waals surface area contributed by atoms with Crippen molar-refractivity contribution in [3.63, 3.8) is 0 Å². The maximum atomic E-state index is 2.36. The lowest BCUT2D eigenvalue weighted by molar-refractivity contribution is 0.586. The minimum absolute atomic E-state index is 0.787. The van der Waals surface area contributed by atoms with Gasteiger partial charge in [0.2, 0.25) is 0 Å². The summed E-state index contributed by atoms with van der Waals surface area (Å²) < 4.78 is 0. The molecule has 0 fully saturated rings. The maximum Gasteiger partial charge on any atom is -0.0187 e. The average molecular weight is 174 g/mol. The molecule has 1 aromatic carbocycles. The fourth-order valence-electron chi connectivity index (χ4n) is 2.49. The van der Waals surface area contributed by atoms with Crippen molar-refractivity contribution in [1.29, 1.82) is 0 Å². The van der Waals surface area contributed by atoms with Gasteiger partial charge in [-0.15, -0.1) is 0 Å². The second-order valence-electron chi connectivity index (χ2n) is 4.13. The van der Waals surface area contributed by atoms with Crippen LogP contribution in [-0.4, -0.2) is 0 Å². The normalized spacial score (nSPS) is 21.2. The Kier molecular flexibility index (Phi) is 2.39.